The van der Waals surface area contributed by atoms with Crippen molar-refractivity contribution >= 4 is 62.3 Å². The predicted octanol–water partition coefficient (Wildman–Crippen LogP) is 6.32. The molecule has 7 nitrogen and oxygen atoms in total. The Morgan fingerprint density at radius 2 is 1.62 bits per heavy atom. The van der Waals surface area contributed by atoms with Crippen molar-refractivity contribution in [1.82, 2.24) is 10.2 Å². The standard InChI is InChI=1S/C29H30Cl3N3O4S/c1-20(29(37)33-23-11-5-6-12-23)34(18-21-9-7-10-22(30)17-21)27(36)19-35(26-16-8-15-25(31)28(26)32)40(38,39)24-13-3-2-4-14-24/h2-4,7-10,13-17,20,23H,5-6,11-12,18-19H2,1H3,(H,33,37)/t20-/m1/s1. The van der Waals surface area contributed by atoms with Crippen LogP contribution < -0.4 is 9.62 Å². The third-order valence-corrected chi connectivity index (χ3v) is 9.74. The van der Waals surface area contributed by atoms with Gasteiger partial charge in [-0.1, -0.05) is 84.0 Å². The van der Waals surface area contributed by atoms with Crippen LogP contribution in [0, 0.1) is 0 Å². The molecule has 1 fully saturated rings. The maximum atomic E-state index is 14.0. The minimum Gasteiger partial charge on any atom is -0.352 e. The van der Waals surface area contributed by atoms with Crippen LogP contribution in [0.5, 0.6) is 0 Å². The van der Waals surface area contributed by atoms with E-state index in [1.807, 2.05) is 0 Å². The minimum absolute atomic E-state index is 0.00936. The van der Waals surface area contributed by atoms with Gasteiger partial charge in [-0.05, 0) is 61.7 Å². The van der Waals surface area contributed by atoms with Crippen molar-refractivity contribution in [3.8, 4) is 0 Å². The highest BCUT2D eigenvalue weighted by atomic mass is 35.5. The lowest BCUT2D eigenvalue weighted by atomic mass is 10.1. The molecule has 0 unspecified atom stereocenters. The lowest BCUT2D eigenvalue weighted by Gasteiger charge is -2.32. The van der Waals surface area contributed by atoms with Crippen LogP contribution in [0.1, 0.15) is 38.2 Å². The molecule has 1 atom stereocenters. The number of anilines is 1. The fraction of sp³-hybridized carbons (Fsp3) is 0.310. The first-order chi connectivity index (χ1) is 19.1. The first kappa shape index (κ1) is 30.2. The van der Waals surface area contributed by atoms with Gasteiger partial charge in [0.25, 0.3) is 10.0 Å². The molecule has 4 rings (SSSR count). The zero-order chi connectivity index (χ0) is 28.9. The van der Waals surface area contributed by atoms with Gasteiger partial charge in [-0.25, -0.2) is 8.42 Å². The Bertz CT molecular complexity index is 1460. The minimum atomic E-state index is -4.25. The Hall–Kier alpha value is -2.78. The van der Waals surface area contributed by atoms with E-state index >= 15 is 0 Å². The molecule has 1 aliphatic carbocycles. The quantitative estimate of drug-likeness (QED) is 0.287. The van der Waals surface area contributed by atoms with Gasteiger partial charge in [-0.15, -0.1) is 0 Å². The highest BCUT2D eigenvalue weighted by molar-refractivity contribution is 7.92. The largest absolute Gasteiger partial charge is 0.352 e. The van der Waals surface area contributed by atoms with Gasteiger partial charge in [-0.3, -0.25) is 13.9 Å². The molecule has 0 aromatic heterocycles. The number of nitrogens with zero attached hydrogens (tertiary/aromatic N) is 2. The molecule has 0 spiro atoms. The molecule has 0 saturated heterocycles. The van der Waals surface area contributed by atoms with E-state index in [9.17, 15) is 18.0 Å². The Labute approximate surface area is 250 Å². The number of carbonyl (C=O) groups is 2. The second-order valence-corrected chi connectivity index (χ2v) is 12.8. The monoisotopic (exact) mass is 621 g/mol. The zero-order valence-electron chi connectivity index (χ0n) is 21.9. The average molecular weight is 623 g/mol. The normalized spacial score (nSPS) is 14.5. The summed E-state index contributed by atoms with van der Waals surface area (Å²) in [5.74, 6) is -0.898. The third kappa shape index (κ3) is 7.10. The van der Waals surface area contributed by atoms with E-state index in [4.69, 9.17) is 34.8 Å². The fourth-order valence-corrected chi connectivity index (χ4v) is 6.83. The van der Waals surface area contributed by atoms with Crippen molar-refractivity contribution in [1.29, 1.82) is 0 Å². The summed E-state index contributed by atoms with van der Waals surface area (Å²) in [5.41, 5.74) is 0.747. The first-order valence-electron chi connectivity index (χ1n) is 12.9. The Balaban J connectivity index is 1.71. The SMILES string of the molecule is C[C@H](C(=O)NC1CCCC1)N(Cc1cccc(Cl)c1)C(=O)CN(c1cccc(Cl)c1Cl)S(=O)(=O)c1ccccc1. The molecule has 1 N–H and O–H groups in total. The summed E-state index contributed by atoms with van der Waals surface area (Å²) >= 11 is 18.9. The van der Waals surface area contributed by atoms with E-state index in [1.54, 1.807) is 55.5 Å². The van der Waals surface area contributed by atoms with E-state index in [0.717, 1.165) is 30.0 Å². The van der Waals surface area contributed by atoms with Gasteiger partial charge in [0.2, 0.25) is 11.8 Å². The molecule has 1 aliphatic rings. The first-order valence-corrected chi connectivity index (χ1v) is 15.5. The lowest BCUT2D eigenvalue weighted by Crippen LogP contribution is -2.52. The van der Waals surface area contributed by atoms with Crippen LogP contribution in [0.15, 0.2) is 77.7 Å². The van der Waals surface area contributed by atoms with Crippen molar-refractivity contribution in [2.24, 2.45) is 0 Å². The van der Waals surface area contributed by atoms with Crippen LogP contribution in [-0.4, -0.2) is 43.8 Å². The summed E-state index contributed by atoms with van der Waals surface area (Å²) in [5, 5.41) is 3.65. The van der Waals surface area contributed by atoms with Crippen LogP contribution in [0.4, 0.5) is 5.69 Å². The van der Waals surface area contributed by atoms with Crippen LogP contribution in [0.25, 0.3) is 0 Å². The lowest BCUT2D eigenvalue weighted by molar-refractivity contribution is -0.139. The smallest absolute Gasteiger partial charge is 0.264 e. The van der Waals surface area contributed by atoms with E-state index < -0.39 is 28.5 Å². The second kappa shape index (κ2) is 13.3. The maximum Gasteiger partial charge on any atom is 0.264 e. The highest BCUT2D eigenvalue weighted by Gasteiger charge is 2.34. The molecule has 1 saturated carbocycles. The van der Waals surface area contributed by atoms with Crippen LogP contribution >= 0.6 is 34.8 Å². The summed E-state index contributed by atoms with van der Waals surface area (Å²) in [6, 6.07) is 18.5. The number of sulfonamides is 1. The van der Waals surface area contributed by atoms with Crippen molar-refractivity contribution in [2.45, 2.75) is 56.1 Å². The molecule has 0 heterocycles. The average Bonchev–Trinajstić information content (AvgIpc) is 3.45. The number of rotatable bonds is 10. The van der Waals surface area contributed by atoms with Gasteiger partial charge in [0.05, 0.1) is 20.6 Å². The van der Waals surface area contributed by atoms with Crippen LogP contribution in [-0.2, 0) is 26.2 Å². The molecule has 0 bridgehead atoms. The van der Waals surface area contributed by atoms with E-state index in [2.05, 4.69) is 5.32 Å². The van der Waals surface area contributed by atoms with Crippen molar-refractivity contribution in [2.75, 3.05) is 10.8 Å². The van der Waals surface area contributed by atoms with Crippen LogP contribution in [0.3, 0.4) is 0 Å². The molecule has 11 heteroatoms. The summed E-state index contributed by atoms with van der Waals surface area (Å²) in [7, 11) is -4.25. The summed E-state index contributed by atoms with van der Waals surface area (Å²) in [6.45, 7) is 1.06. The Morgan fingerprint density at radius 1 is 0.950 bits per heavy atom. The van der Waals surface area contributed by atoms with E-state index in [1.165, 1.54) is 29.2 Å². The number of carbonyl (C=O) groups excluding carboxylic acids is 2. The molecular weight excluding hydrogens is 593 g/mol. The van der Waals surface area contributed by atoms with Crippen molar-refractivity contribution in [3.05, 3.63) is 93.4 Å². The number of halogens is 3. The topological polar surface area (TPSA) is 86.8 Å². The van der Waals surface area contributed by atoms with Gasteiger partial charge in [0.1, 0.15) is 12.6 Å². The molecule has 0 aliphatic heterocycles. The van der Waals surface area contributed by atoms with Gasteiger partial charge < -0.3 is 10.2 Å². The van der Waals surface area contributed by atoms with Crippen molar-refractivity contribution < 1.29 is 18.0 Å². The number of hydrogen-bond donors (Lipinski definition) is 1. The number of hydrogen-bond acceptors (Lipinski definition) is 4. The fourth-order valence-electron chi connectivity index (χ4n) is 4.72. The van der Waals surface area contributed by atoms with E-state index in [-0.39, 0.29) is 39.1 Å². The number of amides is 2. The molecule has 2 amide bonds. The van der Waals surface area contributed by atoms with Gasteiger partial charge in [0, 0.05) is 17.6 Å². The number of nitrogens with one attached hydrogen (secondary N) is 1. The third-order valence-electron chi connectivity index (χ3n) is 6.92. The molecule has 0 radical (unpaired) electrons. The highest BCUT2D eigenvalue weighted by Crippen LogP contribution is 2.35. The zero-order valence-corrected chi connectivity index (χ0v) is 25.0. The summed E-state index contributed by atoms with van der Waals surface area (Å²) in [4.78, 5) is 28.6. The second-order valence-electron chi connectivity index (χ2n) is 9.72. The summed E-state index contributed by atoms with van der Waals surface area (Å²) in [6.07, 6.45) is 3.85. The van der Waals surface area contributed by atoms with Crippen molar-refractivity contribution in [3.63, 3.8) is 0 Å². The molecule has 212 valence electrons. The number of benzene rings is 3. The summed E-state index contributed by atoms with van der Waals surface area (Å²) < 4.78 is 28.6. The molecule has 3 aromatic carbocycles. The Kier molecular flexibility index (Phi) is 10.0. The molecule has 3 aromatic rings. The van der Waals surface area contributed by atoms with Gasteiger partial charge in [0.15, 0.2) is 0 Å². The van der Waals surface area contributed by atoms with Gasteiger partial charge >= 0.3 is 0 Å². The predicted molar refractivity (Wildman–Crippen MR) is 159 cm³/mol. The Morgan fingerprint density at radius 3 is 2.30 bits per heavy atom. The van der Waals surface area contributed by atoms with Crippen LogP contribution in [0.2, 0.25) is 15.1 Å². The maximum absolute atomic E-state index is 14.0. The van der Waals surface area contributed by atoms with Gasteiger partial charge in [-0.2, -0.15) is 0 Å². The molecular formula is C29H30Cl3N3O4S. The van der Waals surface area contributed by atoms with E-state index in [0.29, 0.717) is 10.6 Å². The molecule has 40 heavy (non-hydrogen) atoms.